The van der Waals surface area contributed by atoms with Crippen molar-refractivity contribution >= 4 is 38.3 Å². The number of carboxylic acids is 1. The molecule has 0 radical (unpaired) electrons. The first-order chi connectivity index (χ1) is 34.8. The Hall–Kier alpha value is -5.13. The Balaban J connectivity index is 0.000000177. The van der Waals surface area contributed by atoms with Gasteiger partial charge in [0.2, 0.25) is 5.91 Å². The Morgan fingerprint density at radius 3 is 1.55 bits per heavy atom. The molecule has 2 aromatic carbocycles. The first-order valence-electron chi connectivity index (χ1n) is 26.8. The number of amides is 3. The van der Waals surface area contributed by atoms with Crippen LogP contribution in [0.15, 0.2) is 60.7 Å². The van der Waals surface area contributed by atoms with Crippen LogP contribution in [0.2, 0.25) is 0 Å². The highest BCUT2D eigenvalue weighted by atomic mass is 16.7. The van der Waals surface area contributed by atoms with Crippen molar-refractivity contribution in [2.75, 3.05) is 13.1 Å². The van der Waals surface area contributed by atoms with Gasteiger partial charge >= 0.3 is 32.4 Å². The third kappa shape index (κ3) is 12.0. The standard InChI is InChI=1S/C27H36BN3O5.C25H36BNO4.C3H3NO2/c1-26(2)19-15-21(26)27(3)22(16-19)35-28(36-27)23(14-18-8-5-4-6-9-18)30-25(33)34-20-10-7-13-31(17-20)24(32)11-12-29;1-24(2)18-15-20(24)25(3)21(16-18)30-26(31-25)22(14-17-10-6-4-7-11-17)27-23(28)29-19-12-8-5-9-13-19;4-2-1-3(5)6/h4-6,8-9,19-23H,7,10-11,13-17H2,1-3H3,(H,30,33);4,6-7,10-11,18-22H,5,8-9,12-16H2,1-3H3,(H,27,28);1H2,(H,5,6)/t19-,20-,21-,22+,23-,27-;18-,20-,21+,22-,25-;/m00./s1. The fourth-order valence-electron chi connectivity index (χ4n) is 13.7. The maximum absolute atomic E-state index is 13.0. The van der Waals surface area contributed by atoms with Gasteiger partial charge < -0.3 is 48.7 Å². The van der Waals surface area contributed by atoms with Crippen molar-refractivity contribution in [3.63, 3.8) is 0 Å². The van der Waals surface area contributed by atoms with E-state index < -0.39 is 44.8 Å². The second-order valence-electron chi connectivity index (χ2n) is 23.3. The Labute approximate surface area is 432 Å². The van der Waals surface area contributed by atoms with Crippen LogP contribution in [-0.4, -0.2) is 109 Å². The number of carbonyl (C=O) groups excluding carboxylic acids is 3. The number of hydrogen-bond acceptors (Lipinski definition) is 12. The van der Waals surface area contributed by atoms with Crippen molar-refractivity contribution in [3.8, 4) is 12.1 Å². The number of nitrogens with zero attached hydrogens (tertiary/aromatic N) is 3. The van der Waals surface area contributed by atoms with E-state index in [0.29, 0.717) is 61.4 Å². The fourth-order valence-corrected chi connectivity index (χ4v) is 13.7. The number of alkyl carbamates (subject to hydrolysis) is 2. The molecule has 392 valence electrons. The van der Waals surface area contributed by atoms with E-state index in [1.54, 1.807) is 4.90 Å². The predicted octanol–water partition coefficient (Wildman–Crippen LogP) is 8.40. The van der Waals surface area contributed by atoms with Gasteiger partial charge in [-0.25, -0.2) is 9.59 Å². The molecule has 4 bridgehead atoms. The van der Waals surface area contributed by atoms with Crippen LogP contribution < -0.4 is 10.6 Å². The number of carbonyl (C=O) groups is 4. The number of nitrogens with one attached hydrogen (secondary N) is 2. The summed E-state index contributed by atoms with van der Waals surface area (Å²) in [5.74, 6) is 0.294. The third-order valence-corrected chi connectivity index (χ3v) is 18.1. The van der Waals surface area contributed by atoms with Crippen LogP contribution in [0.4, 0.5) is 9.59 Å². The molecule has 3 saturated heterocycles. The molecule has 16 nitrogen and oxygen atoms in total. The Morgan fingerprint density at radius 2 is 1.12 bits per heavy atom. The monoisotopic (exact) mass is 1000 g/mol. The van der Waals surface area contributed by atoms with Gasteiger partial charge in [-0.05, 0) is 137 Å². The molecule has 7 saturated carbocycles. The Morgan fingerprint density at radius 1 is 0.671 bits per heavy atom. The number of piperidine rings is 1. The molecule has 7 aliphatic carbocycles. The second-order valence-corrected chi connectivity index (χ2v) is 23.3. The number of aliphatic carboxylic acids is 1. The largest absolute Gasteiger partial charge is 0.482 e. The highest BCUT2D eigenvalue weighted by molar-refractivity contribution is 6.48. The summed E-state index contributed by atoms with van der Waals surface area (Å²) < 4.78 is 37.8. The fraction of sp³-hybridized carbons (Fsp3) is 0.673. The molecule has 3 aliphatic heterocycles. The van der Waals surface area contributed by atoms with Crippen molar-refractivity contribution in [1.29, 1.82) is 10.5 Å². The lowest BCUT2D eigenvalue weighted by molar-refractivity contribution is -0.199. The zero-order valence-electron chi connectivity index (χ0n) is 43.6. The minimum absolute atomic E-state index is 0.0217. The highest BCUT2D eigenvalue weighted by Gasteiger charge is 2.70. The van der Waals surface area contributed by atoms with Crippen molar-refractivity contribution in [2.24, 2.45) is 34.5 Å². The van der Waals surface area contributed by atoms with E-state index in [9.17, 15) is 19.2 Å². The molecule has 0 unspecified atom stereocenters. The second kappa shape index (κ2) is 22.8. The lowest BCUT2D eigenvalue weighted by Gasteiger charge is -2.64. The van der Waals surface area contributed by atoms with Gasteiger partial charge in [0.25, 0.3) is 0 Å². The minimum Gasteiger partial charge on any atom is -0.480 e. The van der Waals surface area contributed by atoms with Gasteiger partial charge in [0, 0.05) is 6.54 Å². The van der Waals surface area contributed by atoms with Crippen LogP contribution in [0.1, 0.15) is 136 Å². The van der Waals surface area contributed by atoms with Gasteiger partial charge in [0.15, 0.2) is 0 Å². The lowest BCUT2D eigenvalue weighted by atomic mass is 9.43. The quantitative estimate of drug-likeness (QED) is 0.170. The summed E-state index contributed by atoms with van der Waals surface area (Å²) in [6.45, 7) is 14.7. The summed E-state index contributed by atoms with van der Waals surface area (Å²) in [6, 6.07) is 23.6. The molecule has 12 rings (SSSR count). The molecular weight excluding hydrogens is 928 g/mol. The van der Waals surface area contributed by atoms with Gasteiger partial charge in [-0.1, -0.05) is 94.8 Å². The Bertz CT molecular complexity index is 2350. The number of carboxylic acid groups (broad SMARTS) is 1. The third-order valence-electron chi connectivity index (χ3n) is 18.1. The van der Waals surface area contributed by atoms with Crippen LogP contribution in [0.25, 0.3) is 0 Å². The molecule has 3 N–H and O–H groups in total. The zero-order valence-corrected chi connectivity index (χ0v) is 43.6. The van der Waals surface area contributed by atoms with Crippen LogP contribution in [0, 0.1) is 57.2 Å². The minimum atomic E-state index is -1.07. The smallest absolute Gasteiger partial charge is 0.480 e. The number of likely N-dealkylation sites (tertiary alicyclic amines) is 1. The highest BCUT2D eigenvalue weighted by Crippen LogP contribution is 2.67. The van der Waals surface area contributed by atoms with E-state index in [2.05, 4.69) is 64.3 Å². The molecule has 73 heavy (non-hydrogen) atoms. The number of nitriles is 2. The number of rotatable bonds is 12. The van der Waals surface area contributed by atoms with Gasteiger partial charge in [-0.2, -0.15) is 10.5 Å². The van der Waals surface area contributed by atoms with Crippen LogP contribution >= 0.6 is 0 Å². The van der Waals surface area contributed by atoms with E-state index in [0.717, 1.165) is 62.5 Å². The Kier molecular flexibility index (Phi) is 16.9. The summed E-state index contributed by atoms with van der Waals surface area (Å²) in [6.07, 6.45) is 10.8. The predicted molar refractivity (Wildman–Crippen MR) is 272 cm³/mol. The summed E-state index contributed by atoms with van der Waals surface area (Å²) in [5, 5.41) is 30.3. The number of hydrogen-bond donors (Lipinski definition) is 3. The van der Waals surface area contributed by atoms with Crippen LogP contribution in [-0.2, 0) is 50.5 Å². The van der Waals surface area contributed by atoms with E-state index in [-0.39, 0.29) is 59.3 Å². The molecule has 10 fully saturated rings. The summed E-state index contributed by atoms with van der Waals surface area (Å²) in [7, 11) is -1.02. The van der Waals surface area contributed by atoms with Gasteiger partial charge in [0.1, 0.15) is 25.0 Å². The SMILES string of the molecule is CC1(C)[C@@H]2C[C@H]3OB([C@H](Cc4ccccc4)NC(=O)OC4CCCCC4)O[C@@]3(C)[C@H]1C2.CC1(C)[C@@H]2C[C@H]3OB([C@H](Cc4ccccc4)NC(=O)O[C@H]4CCCN(C(=O)CC#N)C4)O[C@@]3(C)[C@H]1C2.N#CCC(=O)O. The molecule has 3 amide bonds. The first kappa shape index (κ1) is 54.1. The van der Waals surface area contributed by atoms with Gasteiger partial charge in [-0.15, -0.1) is 0 Å². The molecule has 0 spiro atoms. The molecule has 3 heterocycles. The maximum Gasteiger partial charge on any atom is 0.482 e. The number of ether oxygens (including phenoxy) is 2. The average Bonchev–Trinajstić information content (AvgIpc) is 3.92. The molecule has 11 atom stereocenters. The van der Waals surface area contributed by atoms with E-state index >= 15 is 0 Å². The van der Waals surface area contributed by atoms with E-state index in [4.69, 9.17) is 43.7 Å². The number of benzene rings is 2. The van der Waals surface area contributed by atoms with Crippen LogP contribution in [0.3, 0.4) is 0 Å². The van der Waals surface area contributed by atoms with Crippen molar-refractivity contribution in [2.45, 2.75) is 185 Å². The van der Waals surface area contributed by atoms with Crippen molar-refractivity contribution < 1.29 is 52.4 Å². The molecule has 10 aliphatic rings. The molecular formula is C55H75B2N5O11. The average molecular weight is 1000 g/mol. The zero-order chi connectivity index (χ0) is 52.1. The molecule has 2 aromatic rings. The van der Waals surface area contributed by atoms with E-state index in [1.807, 2.05) is 54.6 Å². The lowest BCUT2D eigenvalue weighted by Crippen LogP contribution is -2.65. The van der Waals surface area contributed by atoms with Crippen molar-refractivity contribution in [1.82, 2.24) is 15.5 Å². The summed E-state index contributed by atoms with van der Waals surface area (Å²) in [5.41, 5.74) is 2.11. The van der Waals surface area contributed by atoms with Crippen LogP contribution in [0.5, 0.6) is 0 Å². The molecule has 18 heteroatoms. The molecule has 0 aromatic heterocycles. The normalized spacial score (nSPS) is 31.7. The summed E-state index contributed by atoms with van der Waals surface area (Å²) in [4.78, 5) is 48.9. The van der Waals surface area contributed by atoms with Gasteiger partial charge in [-0.3, -0.25) is 9.59 Å². The summed E-state index contributed by atoms with van der Waals surface area (Å²) >= 11 is 0. The maximum atomic E-state index is 13.0. The topological polar surface area (TPSA) is 219 Å². The van der Waals surface area contributed by atoms with E-state index in [1.165, 1.54) is 18.9 Å². The first-order valence-corrected chi connectivity index (χ1v) is 26.8. The van der Waals surface area contributed by atoms with Crippen molar-refractivity contribution in [3.05, 3.63) is 71.8 Å². The van der Waals surface area contributed by atoms with Gasteiger partial charge in [0.05, 0.1) is 54.0 Å².